The summed E-state index contributed by atoms with van der Waals surface area (Å²) in [6.07, 6.45) is 0.524. The van der Waals surface area contributed by atoms with E-state index in [0.717, 1.165) is 47.3 Å². The molecule has 7 nitrogen and oxygen atoms in total. The van der Waals surface area contributed by atoms with E-state index < -0.39 is 0 Å². The lowest BCUT2D eigenvalue weighted by atomic mass is 10.1. The van der Waals surface area contributed by atoms with Crippen molar-refractivity contribution in [1.29, 1.82) is 0 Å². The summed E-state index contributed by atoms with van der Waals surface area (Å²) in [6, 6.07) is 18.5. The van der Waals surface area contributed by atoms with Crippen molar-refractivity contribution in [3.63, 3.8) is 0 Å². The van der Waals surface area contributed by atoms with Crippen LogP contribution in [0.2, 0.25) is 0 Å². The zero-order chi connectivity index (χ0) is 23.9. The molecule has 0 saturated carbocycles. The van der Waals surface area contributed by atoms with E-state index in [-0.39, 0.29) is 18.2 Å². The third-order valence-electron chi connectivity index (χ3n) is 5.94. The Labute approximate surface area is 204 Å². The van der Waals surface area contributed by atoms with Crippen molar-refractivity contribution in [1.82, 2.24) is 20.7 Å². The molecule has 2 N–H and O–H groups in total. The summed E-state index contributed by atoms with van der Waals surface area (Å²) in [6.45, 7) is 8.38. The second-order valence-corrected chi connectivity index (χ2v) is 9.85. The summed E-state index contributed by atoms with van der Waals surface area (Å²) >= 11 is 1.51. The Bertz CT molecular complexity index is 1110. The normalized spacial score (nSPS) is 14.1. The Morgan fingerprint density at radius 2 is 1.59 bits per heavy atom. The second-order valence-electron chi connectivity index (χ2n) is 8.56. The minimum atomic E-state index is -0.248. The van der Waals surface area contributed by atoms with E-state index in [1.807, 2.05) is 44.2 Å². The lowest BCUT2D eigenvalue weighted by Crippen LogP contribution is -2.48. The average Bonchev–Trinajstić information content (AvgIpc) is 3.22. The number of aromatic nitrogens is 1. The molecule has 1 aromatic heterocycles. The van der Waals surface area contributed by atoms with Gasteiger partial charge in [0.05, 0.1) is 17.1 Å². The van der Waals surface area contributed by atoms with Gasteiger partial charge in [-0.1, -0.05) is 48.0 Å². The number of hydrazine groups is 1. The van der Waals surface area contributed by atoms with Gasteiger partial charge in [-0.05, 0) is 26.0 Å². The molecule has 34 heavy (non-hydrogen) atoms. The van der Waals surface area contributed by atoms with E-state index in [9.17, 15) is 9.59 Å². The highest BCUT2D eigenvalue weighted by molar-refractivity contribution is 7.12. The minimum absolute atomic E-state index is 0.177. The summed E-state index contributed by atoms with van der Waals surface area (Å²) < 4.78 is 0. The topological polar surface area (TPSA) is 77.6 Å². The number of benzene rings is 2. The number of amides is 2. The van der Waals surface area contributed by atoms with Gasteiger partial charge in [0, 0.05) is 55.3 Å². The predicted molar refractivity (Wildman–Crippen MR) is 137 cm³/mol. The predicted octanol–water partition coefficient (Wildman–Crippen LogP) is 3.33. The zero-order valence-corrected chi connectivity index (χ0v) is 20.5. The van der Waals surface area contributed by atoms with Gasteiger partial charge in [-0.15, -0.1) is 11.3 Å². The van der Waals surface area contributed by atoms with Gasteiger partial charge >= 0.3 is 0 Å². The SMILES string of the molecule is Cc1ccc(-c2nc(C)sc2CC(=O)NNC(=O)CCN2CCN(c3ccccc3)CC2)cc1. The quantitative estimate of drug-likeness (QED) is 0.511. The number of aryl methyl sites for hydroxylation is 2. The summed E-state index contributed by atoms with van der Waals surface area (Å²) in [5.41, 5.74) is 9.36. The van der Waals surface area contributed by atoms with Gasteiger partial charge in [0.2, 0.25) is 11.8 Å². The number of carbonyl (C=O) groups is 2. The molecule has 1 fully saturated rings. The molecule has 0 spiro atoms. The van der Waals surface area contributed by atoms with E-state index in [0.29, 0.717) is 13.0 Å². The van der Waals surface area contributed by atoms with Crippen LogP contribution in [0.25, 0.3) is 11.3 Å². The Hall–Kier alpha value is -3.23. The van der Waals surface area contributed by atoms with Gasteiger partial charge in [-0.2, -0.15) is 0 Å². The van der Waals surface area contributed by atoms with Crippen molar-refractivity contribution in [3.8, 4) is 11.3 Å². The van der Waals surface area contributed by atoms with Crippen molar-refractivity contribution < 1.29 is 9.59 Å². The summed E-state index contributed by atoms with van der Waals surface area (Å²) in [4.78, 5) is 34.9. The molecule has 3 aromatic rings. The Morgan fingerprint density at radius 3 is 2.29 bits per heavy atom. The molecule has 1 saturated heterocycles. The molecule has 2 aromatic carbocycles. The van der Waals surface area contributed by atoms with Crippen LogP contribution in [-0.2, 0) is 16.0 Å². The van der Waals surface area contributed by atoms with Crippen molar-refractivity contribution in [3.05, 3.63) is 70.0 Å². The van der Waals surface area contributed by atoms with E-state index in [2.05, 4.69) is 49.9 Å². The fourth-order valence-corrected chi connectivity index (χ4v) is 5.00. The van der Waals surface area contributed by atoms with Crippen molar-refractivity contribution >= 4 is 28.8 Å². The highest BCUT2D eigenvalue weighted by Crippen LogP contribution is 2.28. The van der Waals surface area contributed by atoms with Gasteiger partial charge in [-0.25, -0.2) is 4.98 Å². The Kier molecular flexibility index (Phi) is 7.92. The molecule has 1 aliphatic rings. The molecule has 0 unspecified atom stereocenters. The lowest BCUT2D eigenvalue weighted by Gasteiger charge is -2.36. The van der Waals surface area contributed by atoms with Crippen LogP contribution in [0.1, 0.15) is 21.9 Å². The largest absolute Gasteiger partial charge is 0.369 e. The van der Waals surface area contributed by atoms with Crippen molar-refractivity contribution in [2.45, 2.75) is 26.7 Å². The fourth-order valence-electron chi connectivity index (χ4n) is 4.05. The van der Waals surface area contributed by atoms with Crippen molar-refractivity contribution in [2.75, 3.05) is 37.6 Å². The van der Waals surface area contributed by atoms with Crippen LogP contribution >= 0.6 is 11.3 Å². The summed E-state index contributed by atoms with van der Waals surface area (Å²) in [5, 5.41) is 0.912. The van der Waals surface area contributed by atoms with Gasteiger partial charge in [-0.3, -0.25) is 25.3 Å². The fraction of sp³-hybridized carbons (Fsp3) is 0.346. The second kappa shape index (κ2) is 11.3. The molecule has 178 valence electrons. The molecule has 1 aliphatic heterocycles. The van der Waals surface area contributed by atoms with Gasteiger partial charge < -0.3 is 4.90 Å². The van der Waals surface area contributed by atoms with Gasteiger partial charge in [0.15, 0.2) is 0 Å². The monoisotopic (exact) mass is 477 g/mol. The third kappa shape index (κ3) is 6.42. The number of rotatable bonds is 7. The lowest BCUT2D eigenvalue weighted by molar-refractivity contribution is -0.128. The molecule has 0 radical (unpaired) electrons. The van der Waals surface area contributed by atoms with Crippen LogP contribution in [-0.4, -0.2) is 54.4 Å². The van der Waals surface area contributed by atoms with Crippen LogP contribution in [0.5, 0.6) is 0 Å². The molecule has 0 atom stereocenters. The van der Waals surface area contributed by atoms with Crippen LogP contribution < -0.4 is 15.8 Å². The molecule has 2 amide bonds. The maximum absolute atomic E-state index is 12.5. The third-order valence-corrected chi connectivity index (χ3v) is 6.91. The number of anilines is 1. The molecular weight excluding hydrogens is 446 g/mol. The first kappa shape index (κ1) is 23.9. The van der Waals surface area contributed by atoms with Gasteiger partial charge in [0.25, 0.3) is 0 Å². The number of carbonyl (C=O) groups excluding carboxylic acids is 2. The summed E-state index contributed by atoms with van der Waals surface area (Å²) in [7, 11) is 0. The van der Waals surface area contributed by atoms with E-state index in [4.69, 9.17) is 0 Å². The molecule has 8 heteroatoms. The van der Waals surface area contributed by atoms with Crippen LogP contribution in [0.4, 0.5) is 5.69 Å². The first-order valence-electron chi connectivity index (χ1n) is 11.6. The van der Waals surface area contributed by atoms with E-state index >= 15 is 0 Å². The first-order valence-corrected chi connectivity index (χ1v) is 12.4. The number of hydrogen-bond acceptors (Lipinski definition) is 6. The highest BCUT2D eigenvalue weighted by Gasteiger charge is 2.18. The maximum Gasteiger partial charge on any atom is 0.243 e. The van der Waals surface area contributed by atoms with Crippen LogP contribution in [0.3, 0.4) is 0 Å². The number of hydrogen-bond donors (Lipinski definition) is 2. The standard InChI is InChI=1S/C26H31N5O2S/c1-19-8-10-21(11-9-19)26-23(34-20(2)27-26)18-25(33)29-28-24(32)12-13-30-14-16-31(17-15-30)22-6-4-3-5-7-22/h3-11H,12-18H2,1-2H3,(H,28,32)(H,29,33). The molecule has 2 heterocycles. The average molecular weight is 478 g/mol. The number of nitrogens with zero attached hydrogens (tertiary/aromatic N) is 3. The number of para-hydroxylation sites is 1. The first-order chi connectivity index (χ1) is 16.5. The van der Waals surface area contributed by atoms with E-state index in [1.54, 1.807) is 0 Å². The highest BCUT2D eigenvalue weighted by atomic mass is 32.1. The minimum Gasteiger partial charge on any atom is -0.369 e. The Balaban J connectivity index is 1.19. The molecular formula is C26H31N5O2S. The van der Waals surface area contributed by atoms with Crippen LogP contribution in [0.15, 0.2) is 54.6 Å². The number of piperazine rings is 1. The maximum atomic E-state index is 12.5. The van der Waals surface area contributed by atoms with Gasteiger partial charge in [0.1, 0.15) is 0 Å². The molecule has 0 bridgehead atoms. The smallest absolute Gasteiger partial charge is 0.243 e. The number of thiazole rings is 1. The molecule has 4 rings (SSSR count). The summed E-state index contributed by atoms with van der Waals surface area (Å²) in [5.74, 6) is -0.431. The number of nitrogens with one attached hydrogen (secondary N) is 2. The zero-order valence-electron chi connectivity index (χ0n) is 19.7. The van der Waals surface area contributed by atoms with Crippen LogP contribution in [0, 0.1) is 13.8 Å². The molecule has 0 aliphatic carbocycles. The van der Waals surface area contributed by atoms with Crippen molar-refractivity contribution in [2.24, 2.45) is 0 Å². The Morgan fingerprint density at radius 1 is 0.912 bits per heavy atom. The van der Waals surface area contributed by atoms with E-state index in [1.165, 1.54) is 22.6 Å².